The van der Waals surface area contributed by atoms with Gasteiger partial charge in [0.1, 0.15) is 0 Å². The maximum atomic E-state index is 10.5. The quantitative estimate of drug-likeness (QED) is 0.712. The molecule has 0 radical (unpaired) electrons. The van der Waals surface area contributed by atoms with Gasteiger partial charge in [0.15, 0.2) is 0 Å². The van der Waals surface area contributed by atoms with E-state index in [1.54, 1.807) is 0 Å². The van der Waals surface area contributed by atoms with Crippen LogP contribution in [0.1, 0.15) is 53.4 Å². The van der Waals surface area contributed by atoms with Gasteiger partial charge in [0.2, 0.25) is 5.91 Å². The van der Waals surface area contributed by atoms with E-state index in [9.17, 15) is 9.90 Å². The van der Waals surface area contributed by atoms with E-state index < -0.39 is 0 Å². The fraction of sp³-hybridized carbons (Fsp3) is 0.917. The Morgan fingerprint density at radius 3 is 2.33 bits per heavy atom. The van der Waals surface area contributed by atoms with Gasteiger partial charge < -0.3 is 10.8 Å². The van der Waals surface area contributed by atoms with Crippen LogP contribution in [0.3, 0.4) is 0 Å². The van der Waals surface area contributed by atoms with Gasteiger partial charge in [-0.25, -0.2) is 0 Å². The van der Waals surface area contributed by atoms with Crippen LogP contribution in [0.5, 0.6) is 0 Å². The van der Waals surface area contributed by atoms with Gasteiger partial charge in [-0.1, -0.05) is 34.1 Å². The van der Waals surface area contributed by atoms with Crippen molar-refractivity contribution >= 4 is 5.91 Å². The Morgan fingerprint density at radius 2 is 1.93 bits per heavy atom. The topological polar surface area (TPSA) is 63.3 Å². The molecular weight excluding hydrogens is 190 g/mol. The van der Waals surface area contributed by atoms with Crippen molar-refractivity contribution in [3.63, 3.8) is 0 Å². The van der Waals surface area contributed by atoms with E-state index in [1.807, 2.05) is 20.8 Å². The highest BCUT2D eigenvalue weighted by molar-refractivity contribution is 5.73. The number of aliphatic hydroxyl groups is 1. The Balaban J connectivity index is 3.74. The molecular formula is C12H25NO2. The summed E-state index contributed by atoms with van der Waals surface area (Å²) in [5.74, 6) is 0.206. The number of carbonyl (C=O) groups is 1. The molecule has 0 rings (SSSR count). The van der Waals surface area contributed by atoms with Crippen LogP contribution in [0, 0.1) is 11.3 Å². The van der Waals surface area contributed by atoms with E-state index in [4.69, 9.17) is 5.73 Å². The van der Waals surface area contributed by atoms with Crippen LogP contribution >= 0.6 is 0 Å². The molecule has 0 fully saturated rings. The van der Waals surface area contributed by atoms with Crippen molar-refractivity contribution in [1.29, 1.82) is 0 Å². The van der Waals surface area contributed by atoms with E-state index in [0.717, 1.165) is 19.3 Å². The lowest BCUT2D eigenvalue weighted by Crippen LogP contribution is -2.27. The SMILES string of the molecule is C[C@@H](CCCC(N)=O)C[C@H](O)C(C)(C)C. The van der Waals surface area contributed by atoms with E-state index in [2.05, 4.69) is 6.92 Å². The lowest BCUT2D eigenvalue weighted by Gasteiger charge is -2.28. The summed E-state index contributed by atoms with van der Waals surface area (Å²) in [4.78, 5) is 10.5. The van der Waals surface area contributed by atoms with E-state index in [-0.39, 0.29) is 17.4 Å². The molecule has 0 saturated heterocycles. The minimum absolute atomic E-state index is 0.0576. The van der Waals surface area contributed by atoms with Crippen molar-refractivity contribution in [2.75, 3.05) is 0 Å². The second-order valence-corrected chi connectivity index (χ2v) is 5.58. The van der Waals surface area contributed by atoms with E-state index in [0.29, 0.717) is 12.3 Å². The second-order valence-electron chi connectivity index (χ2n) is 5.58. The summed E-state index contributed by atoms with van der Waals surface area (Å²) in [6.07, 6.45) is 2.75. The van der Waals surface area contributed by atoms with Crippen molar-refractivity contribution in [2.24, 2.45) is 17.1 Å². The van der Waals surface area contributed by atoms with Crippen LogP contribution in [-0.4, -0.2) is 17.1 Å². The largest absolute Gasteiger partial charge is 0.393 e. The molecule has 90 valence electrons. The third-order valence-electron chi connectivity index (χ3n) is 2.75. The summed E-state index contributed by atoms with van der Waals surface area (Å²) in [6.45, 7) is 8.21. The van der Waals surface area contributed by atoms with Gasteiger partial charge in [0.25, 0.3) is 0 Å². The molecule has 3 N–H and O–H groups in total. The van der Waals surface area contributed by atoms with Crippen molar-refractivity contribution < 1.29 is 9.90 Å². The molecule has 0 aliphatic carbocycles. The Bertz CT molecular complexity index is 196. The Kier molecular flexibility index (Phi) is 5.88. The van der Waals surface area contributed by atoms with E-state index >= 15 is 0 Å². The number of carbonyl (C=O) groups excluding carboxylic acids is 1. The third kappa shape index (κ3) is 7.37. The lowest BCUT2D eigenvalue weighted by molar-refractivity contribution is -0.118. The van der Waals surface area contributed by atoms with Gasteiger partial charge in [-0.15, -0.1) is 0 Å². The Hall–Kier alpha value is -0.570. The first-order chi connectivity index (χ1) is 6.73. The summed E-state index contributed by atoms with van der Waals surface area (Å²) in [6, 6.07) is 0. The monoisotopic (exact) mass is 215 g/mol. The molecule has 1 amide bonds. The highest BCUT2D eigenvalue weighted by Crippen LogP contribution is 2.26. The zero-order chi connectivity index (χ0) is 12.1. The highest BCUT2D eigenvalue weighted by Gasteiger charge is 2.23. The summed E-state index contributed by atoms with van der Waals surface area (Å²) in [5.41, 5.74) is 5.00. The number of primary amides is 1. The van der Waals surface area contributed by atoms with Crippen molar-refractivity contribution in [2.45, 2.75) is 59.5 Å². The molecule has 0 aliphatic heterocycles. The summed E-state index contributed by atoms with van der Waals surface area (Å²) < 4.78 is 0. The molecule has 0 heterocycles. The van der Waals surface area contributed by atoms with E-state index in [1.165, 1.54) is 0 Å². The molecule has 3 nitrogen and oxygen atoms in total. The second kappa shape index (κ2) is 6.11. The molecule has 3 heteroatoms. The molecule has 2 atom stereocenters. The average Bonchev–Trinajstić information content (AvgIpc) is 2.01. The zero-order valence-electron chi connectivity index (χ0n) is 10.4. The fourth-order valence-electron chi connectivity index (χ4n) is 1.48. The molecule has 0 spiro atoms. The molecule has 0 saturated carbocycles. The number of hydrogen-bond donors (Lipinski definition) is 2. The first-order valence-electron chi connectivity index (χ1n) is 5.70. The van der Waals surface area contributed by atoms with Crippen molar-refractivity contribution in [3.05, 3.63) is 0 Å². The number of rotatable bonds is 6. The minimum Gasteiger partial charge on any atom is -0.393 e. The van der Waals surface area contributed by atoms with Crippen molar-refractivity contribution in [3.8, 4) is 0 Å². The van der Waals surface area contributed by atoms with Gasteiger partial charge in [0.05, 0.1) is 6.10 Å². The predicted molar refractivity (Wildman–Crippen MR) is 62.3 cm³/mol. The number of aliphatic hydroxyl groups excluding tert-OH is 1. The van der Waals surface area contributed by atoms with Crippen LogP contribution in [0.2, 0.25) is 0 Å². The molecule has 0 bridgehead atoms. The normalized spacial score (nSPS) is 16.1. The van der Waals surface area contributed by atoms with Crippen LogP contribution in [0.25, 0.3) is 0 Å². The number of amides is 1. The summed E-state index contributed by atoms with van der Waals surface area (Å²) in [5, 5.41) is 9.87. The van der Waals surface area contributed by atoms with Gasteiger partial charge >= 0.3 is 0 Å². The highest BCUT2D eigenvalue weighted by atomic mass is 16.3. The molecule has 15 heavy (non-hydrogen) atoms. The maximum Gasteiger partial charge on any atom is 0.217 e. The van der Waals surface area contributed by atoms with Crippen LogP contribution < -0.4 is 5.73 Å². The number of nitrogens with two attached hydrogens (primary N) is 1. The smallest absolute Gasteiger partial charge is 0.217 e. The first-order valence-corrected chi connectivity index (χ1v) is 5.70. The molecule has 0 aliphatic rings. The van der Waals surface area contributed by atoms with Crippen LogP contribution in [0.15, 0.2) is 0 Å². The number of hydrogen-bond acceptors (Lipinski definition) is 2. The van der Waals surface area contributed by atoms with Crippen LogP contribution in [0.4, 0.5) is 0 Å². The molecule has 0 aromatic heterocycles. The predicted octanol–water partition coefficient (Wildman–Crippen LogP) is 2.08. The van der Waals surface area contributed by atoms with Gasteiger partial charge in [0, 0.05) is 6.42 Å². The zero-order valence-corrected chi connectivity index (χ0v) is 10.4. The maximum absolute atomic E-state index is 10.5. The minimum atomic E-state index is -0.277. The molecule has 0 aromatic rings. The molecule has 0 unspecified atom stereocenters. The standard InChI is InChI=1S/C12H25NO2/c1-9(6-5-7-11(13)15)8-10(14)12(2,3)4/h9-10,14H,5-8H2,1-4H3,(H2,13,15)/t9-,10-/m0/s1. The summed E-state index contributed by atoms with van der Waals surface area (Å²) >= 11 is 0. The third-order valence-corrected chi connectivity index (χ3v) is 2.75. The first kappa shape index (κ1) is 14.4. The Labute approximate surface area is 93.0 Å². The van der Waals surface area contributed by atoms with Gasteiger partial charge in [-0.05, 0) is 24.2 Å². The van der Waals surface area contributed by atoms with Gasteiger partial charge in [-0.2, -0.15) is 0 Å². The van der Waals surface area contributed by atoms with Crippen LogP contribution in [-0.2, 0) is 4.79 Å². The summed E-state index contributed by atoms with van der Waals surface area (Å²) in [7, 11) is 0. The van der Waals surface area contributed by atoms with Crippen molar-refractivity contribution in [1.82, 2.24) is 0 Å². The van der Waals surface area contributed by atoms with Gasteiger partial charge in [-0.3, -0.25) is 4.79 Å². The molecule has 0 aromatic carbocycles. The lowest BCUT2D eigenvalue weighted by atomic mass is 9.83. The average molecular weight is 215 g/mol. The fourth-order valence-corrected chi connectivity index (χ4v) is 1.48. The Morgan fingerprint density at radius 1 is 1.40 bits per heavy atom.